The average molecular weight is 204 g/mol. The third-order valence-corrected chi connectivity index (χ3v) is 2.85. The van der Waals surface area contributed by atoms with Crippen LogP contribution >= 0.6 is 0 Å². The molecule has 1 aromatic rings. The summed E-state index contributed by atoms with van der Waals surface area (Å²) in [4.78, 5) is 0. The number of hydrogen-bond acceptors (Lipinski definition) is 6. The van der Waals surface area contributed by atoms with E-state index in [1.54, 1.807) is 6.26 Å². The minimum Gasteiger partial charge on any atom is -0.390 e. The molecule has 0 aliphatic carbocycles. The van der Waals surface area contributed by atoms with Gasteiger partial charge < -0.3 is 15.5 Å². The maximum absolute atomic E-state index is 10.9. The van der Waals surface area contributed by atoms with E-state index in [2.05, 4.69) is 15.5 Å². The Labute approximate surface area is 78.4 Å². The van der Waals surface area contributed by atoms with Gasteiger partial charge in [0.1, 0.15) is 0 Å². The smallest absolute Gasteiger partial charge is 0.316 e. The fraction of sp³-hybridized carbons (Fsp3) is 0.667. The summed E-state index contributed by atoms with van der Waals surface area (Å²) in [6.07, 6.45) is 1.65. The van der Waals surface area contributed by atoms with Gasteiger partial charge in [0.05, 0.1) is 0 Å². The highest BCUT2D eigenvalue weighted by Crippen LogP contribution is 2.06. The first kappa shape index (κ1) is 9.97. The molecular weight excluding hydrogens is 192 g/mol. The Bertz CT molecular complexity index is 301. The number of nitrogens with two attached hydrogens (primary N) is 1. The molecule has 3 N–H and O–H groups in total. The van der Waals surface area contributed by atoms with Gasteiger partial charge in [0.25, 0.3) is 0 Å². The highest BCUT2D eigenvalue weighted by molar-refractivity contribution is 7.84. The zero-order valence-electron chi connectivity index (χ0n) is 7.48. The van der Waals surface area contributed by atoms with Gasteiger partial charge in [0.2, 0.25) is 0 Å². The van der Waals surface area contributed by atoms with E-state index >= 15 is 0 Å². The summed E-state index contributed by atoms with van der Waals surface area (Å²) in [6, 6.07) is 0.280. The zero-order chi connectivity index (χ0) is 9.84. The van der Waals surface area contributed by atoms with Gasteiger partial charge in [-0.1, -0.05) is 10.2 Å². The number of rotatable bonds is 4. The van der Waals surface area contributed by atoms with Gasteiger partial charge in [0.15, 0.2) is 0 Å². The van der Waals surface area contributed by atoms with E-state index in [0.29, 0.717) is 6.54 Å². The standard InChI is InChI=1S/C6H12N4O2S/c1-4(13(2)11)3-8-6-10-9-5(7)12-6/h4H,3H2,1-2H3,(H2,7,9)(H,8,10). The fourth-order valence-electron chi connectivity index (χ4n) is 0.654. The zero-order valence-corrected chi connectivity index (χ0v) is 8.30. The van der Waals surface area contributed by atoms with Crippen molar-refractivity contribution in [2.75, 3.05) is 23.9 Å². The van der Waals surface area contributed by atoms with Crippen molar-refractivity contribution in [2.45, 2.75) is 12.2 Å². The van der Waals surface area contributed by atoms with Crippen LogP contribution in [-0.2, 0) is 10.8 Å². The van der Waals surface area contributed by atoms with Crippen LogP contribution in [0.3, 0.4) is 0 Å². The topological polar surface area (TPSA) is 94.0 Å². The number of hydrogen-bond donors (Lipinski definition) is 2. The summed E-state index contributed by atoms with van der Waals surface area (Å²) >= 11 is 0. The third kappa shape index (κ3) is 3.02. The van der Waals surface area contributed by atoms with E-state index in [0.717, 1.165) is 0 Å². The van der Waals surface area contributed by atoms with Crippen molar-refractivity contribution < 1.29 is 8.63 Å². The molecule has 0 aliphatic rings. The summed E-state index contributed by atoms with van der Waals surface area (Å²) in [5, 5.41) is 9.93. The molecule has 0 saturated carbocycles. The second kappa shape index (κ2) is 4.22. The Balaban J connectivity index is 2.39. The van der Waals surface area contributed by atoms with Crippen molar-refractivity contribution in [3.63, 3.8) is 0 Å². The SMILES string of the molecule is CC(CNc1nnc(N)o1)S(C)=O. The number of nitrogens with one attached hydrogen (secondary N) is 1. The molecule has 0 amide bonds. The van der Waals surface area contributed by atoms with Crippen LogP contribution in [0.25, 0.3) is 0 Å². The first-order valence-electron chi connectivity index (χ1n) is 3.74. The minimum atomic E-state index is -0.861. The quantitative estimate of drug-likeness (QED) is 0.707. The molecule has 0 radical (unpaired) electrons. The average Bonchev–Trinajstić information content (AvgIpc) is 2.47. The van der Waals surface area contributed by atoms with Gasteiger partial charge in [-0.3, -0.25) is 4.21 Å². The summed E-state index contributed by atoms with van der Waals surface area (Å²) in [5.41, 5.74) is 5.20. The van der Waals surface area contributed by atoms with Crippen molar-refractivity contribution >= 4 is 22.8 Å². The predicted octanol–water partition coefficient (Wildman–Crippen LogP) is -0.169. The molecule has 2 unspecified atom stereocenters. The van der Waals surface area contributed by atoms with Gasteiger partial charge in [-0.15, -0.1) is 0 Å². The molecule has 6 nitrogen and oxygen atoms in total. The van der Waals surface area contributed by atoms with Crippen LogP contribution in [-0.4, -0.2) is 32.5 Å². The van der Waals surface area contributed by atoms with Crippen LogP contribution in [0.1, 0.15) is 6.92 Å². The van der Waals surface area contributed by atoms with Gasteiger partial charge in [-0.05, 0) is 6.92 Å². The molecule has 0 fully saturated rings. The Morgan fingerprint density at radius 1 is 1.69 bits per heavy atom. The first-order valence-corrected chi connectivity index (χ1v) is 5.37. The molecule has 1 rings (SSSR count). The van der Waals surface area contributed by atoms with E-state index in [1.807, 2.05) is 6.92 Å². The molecule has 74 valence electrons. The van der Waals surface area contributed by atoms with Crippen molar-refractivity contribution in [3.05, 3.63) is 0 Å². The van der Waals surface area contributed by atoms with E-state index < -0.39 is 10.8 Å². The van der Waals surface area contributed by atoms with Crippen LogP contribution in [0.4, 0.5) is 12.0 Å². The van der Waals surface area contributed by atoms with Gasteiger partial charge in [-0.25, -0.2) is 0 Å². The van der Waals surface area contributed by atoms with Crippen molar-refractivity contribution in [3.8, 4) is 0 Å². The molecule has 0 aromatic carbocycles. The fourth-order valence-corrected chi connectivity index (χ4v) is 0.972. The second-order valence-corrected chi connectivity index (χ2v) is 4.44. The third-order valence-electron chi connectivity index (χ3n) is 1.55. The van der Waals surface area contributed by atoms with Crippen molar-refractivity contribution in [1.29, 1.82) is 0 Å². The van der Waals surface area contributed by atoms with Gasteiger partial charge in [-0.2, -0.15) is 0 Å². The number of nitrogens with zero attached hydrogens (tertiary/aromatic N) is 2. The molecule has 1 heterocycles. The highest BCUT2D eigenvalue weighted by atomic mass is 32.2. The highest BCUT2D eigenvalue weighted by Gasteiger charge is 2.07. The number of anilines is 2. The Morgan fingerprint density at radius 3 is 2.85 bits per heavy atom. The van der Waals surface area contributed by atoms with Crippen LogP contribution in [0.2, 0.25) is 0 Å². The van der Waals surface area contributed by atoms with E-state index in [9.17, 15) is 4.21 Å². The van der Waals surface area contributed by atoms with Crippen molar-refractivity contribution in [1.82, 2.24) is 10.2 Å². The molecule has 0 aliphatic heterocycles. The molecule has 13 heavy (non-hydrogen) atoms. The normalized spacial score (nSPS) is 15.2. The van der Waals surface area contributed by atoms with Gasteiger partial charge in [0, 0.05) is 28.9 Å². The lowest BCUT2D eigenvalue weighted by Crippen LogP contribution is -2.20. The monoisotopic (exact) mass is 204 g/mol. The molecule has 2 atom stereocenters. The molecule has 0 saturated heterocycles. The number of nitrogen functional groups attached to an aromatic ring is 1. The lowest BCUT2D eigenvalue weighted by molar-refractivity contribution is 0.586. The van der Waals surface area contributed by atoms with Crippen molar-refractivity contribution in [2.24, 2.45) is 0 Å². The first-order chi connectivity index (χ1) is 6.09. The van der Waals surface area contributed by atoms with E-state index in [4.69, 9.17) is 10.2 Å². The maximum atomic E-state index is 10.9. The lowest BCUT2D eigenvalue weighted by Gasteiger charge is -2.06. The van der Waals surface area contributed by atoms with Crippen LogP contribution in [0.5, 0.6) is 0 Å². The Kier molecular flexibility index (Phi) is 3.24. The molecule has 0 spiro atoms. The summed E-state index contributed by atoms with van der Waals surface area (Å²) in [7, 11) is -0.861. The second-order valence-electron chi connectivity index (χ2n) is 2.64. The maximum Gasteiger partial charge on any atom is 0.316 e. The summed E-state index contributed by atoms with van der Waals surface area (Å²) < 4.78 is 15.8. The summed E-state index contributed by atoms with van der Waals surface area (Å²) in [6.45, 7) is 2.38. The largest absolute Gasteiger partial charge is 0.390 e. The number of aromatic nitrogens is 2. The van der Waals surface area contributed by atoms with Crippen LogP contribution < -0.4 is 11.1 Å². The predicted molar refractivity (Wildman–Crippen MR) is 50.7 cm³/mol. The lowest BCUT2D eigenvalue weighted by atomic mass is 10.5. The Morgan fingerprint density at radius 2 is 2.38 bits per heavy atom. The Hall–Kier alpha value is -1.11. The summed E-state index contributed by atoms with van der Waals surface area (Å²) in [5.74, 6) is 0. The van der Waals surface area contributed by atoms with E-state index in [1.165, 1.54) is 0 Å². The van der Waals surface area contributed by atoms with Crippen LogP contribution in [0, 0.1) is 0 Å². The van der Waals surface area contributed by atoms with Crippen LogP contribution in [0.15, 0.2) is 4.42 Å². The minimum absolute atomic E-state index is 0.0211. The van der Waals surface area contributed by atoms with Gasteiger partial charge >= 0.3 is 12.0 Å². The molecule has 1 aromatic heterocycles. The molecule has 0 bridgehead atoms. The molecular formula is C6H12N4O2S. The van der Waals surface area contributed by atoms with E-state index in [-0.39, 0.29) is 17.3 Å². The molecule has 7 heteroatoms.